The first-order valence-corrected chi connectivity index (χ1v) is 12.7. The Bertz CT molecular complexity index is 1020. The molecule has 0 bridgehead atoms. The molecule has 5 heteroatoms. The Balaban J connectivity index is 2.19. The molecule has 0 amide bonds. The van der Waals surface area contributed by atoms with Gasteiger partial charge in [-0.2, -0.15) is 8.42 Å². The first-order chi connectivity index (χ1) is 13.9. The molecule has 152 valence electrons. The molecular formula is C24H27O3PS. The topological polar surface area (TPSA) is 54.4 Å². The number of hydrogen-bond acceptors (Lipinski definition) is 2. The van der Waals surface area contributed by atoms with Gasteiger partial charge < -0.3 is 0 Å². The SMILES string of the molecule is CCc1ccc(P(c2ccc(CC)cc2)c2ccc(CC)c(S(=O)(=O)O)c2)cc1. The molecule has 0 unspecified atom stereocenters. The second-order valence-corrected chi connectivity index (χ2v) is 10.6. The van der Waals surface area contributed by atoms with Gasteiger partial charge in [-0.15, -0.1) is 0 Å². The standard InChI is InChI=1S/C24H27O3PS/c1-4-18-7-12-21(13-8-18)28(22-14-9-19(5-2)10-15-22)23-16-11-20(6-3)24(17-23)29(25,26)27/h7-17H,4-6H2,1-3H3,(H,25,26,27). The van der Waals surface area contributed by atoms with Crippen molar-refractivity contribution in [2.24, 2.45) is 0 Å². The Kier molecular flexibility index (Phi) is 6.89. The molecule has 0 heterocycles. The summed E-state index contributed by atoms with van der Waals surface area (Å²) in [6.45, 7) is 6.14. The van der Waals surface area contributed by atoms with Crippen LogP contribution in [-0.4, -0.2) is 13.0 Å². The van der Waals surface area contributed by atoms with Gasteiger partial charge in [-0.3, -0.25) is 4.55 Å². The highest BCUT2D eigenvalue weighted by atomic mass is 32.2. The van der Waals surface area contributed by atoms with Crippen LogP contribution in [0.3, 0.4) is 0 Å². The predicted molar refractivity (Wildman–Crippen MR) is 123 cm³/mol. The van der Waals surface area contributed by atoms with Crippen LogP contribution >= 0.6 is 7.92 Å². The molecule has 0 radical (unpaired) electrons. The summed E-state index contributed by atoms with van der Waals surface area (Å²) in [6, 6.07) is 22.6. The summed E-state index contributed by atoms with van der Waals surface area (Å²) in [5.74, 6) is 0. The van der Waals surface area contributed by atoms with E-state index in [1.807, 2.05) is 19.1 Å². The zero-order valence-electron chi connectivity index (χ0n) is 17.1. The maximum Gasteiger partial charge on any atom is 0.294 e. The molecule has 0 aliphatic heterocycles. The third kappa shape index (κ3) is 4.95. The quantitative estimate of drug-likeness (QED) is 0.451. The Morgan fingerprint density at radius 2 is 1.14 bits per heavy atom. The smallest absolute Gasteiger partial charge is 0.282 e. The van der Waals surface area contributed by atoms with Crippen LogP contribution in [-0.2, 0) is 29.4 Å². The number of rotatable bonds is 7. The lowest BCUT2D eigenvalue weighted by Gasteiger charge is -2.21. The highest BCUT2D eigenvalue weighted by Gasteiger charge is 2.21. The lowest BCUT2D eigenvalue weighted by molar-refractivity contribution is 0.482. The molecule has 3 nitrogen and oxygen atoms in total. The van der Waals surface area contributed by atoms with E-state index in [9.17, 15) is 13.0 Å². The van der Waals surface area contributed by atoms with Gasteiger partial charge in [0.05, 0.1) is 4.90 Å². The molecule has 3 aromatic rings. The number of benzene rings is 3. The molecule has 0 aliphatic carbocycles. The molecule has 0 fully saturated rings. The van der Waals surface area contributed by atoms with Crippen molar-refractivity contribution in [2.75, 3.05) is 0 Å². The van der Waals surface area contributed by atoms with Gasteiger partial charge in [-0.05, 0) is 65.9 Å². The van der Waals surface area contributed by atoms with Crippen LogP contribution in [0.1, 0.15) is 37.5 Å². The summed E-state index contributed by atoms with van der Waals surface area (Å²) in [6.07, 6.45) is 2.49. The average Bonchev–Trinajstić information content (AvgIpc) is 2.74. The van der Waals surface area contributed by atoms with E-state index >= 15 is 0 Å². The van der Waals surface area contributed by atoms with Crippen molar-refractivity contribution in [3.05, 3.63) is 83.4 Å². The zero-order valence-corrected chi connectivity index (χ0v) is 18.8. The van der Waals surface area contributed by atoms with Gasteiger partial charge in [0.2, 0.25) is 0 Å². The molecule has 0 spiro atoms. The summed E-state index contributed by atoms with van der Waals surface area (Å²) in [5, 5.41) is 3.23. The second kappa shape index (κ2) is 9.21. The van der Waals surface area contributed by atoms with Gasteiger partial charge in [0.1, 0.15) is 0 Å². The van der Waals surface area contributed by atoms with Crippen molar-refractivity contribution >= 4 is 34.0 Å². The molecular weight excluding hydrogens is 399 g/mol. The maximum absolute atomic E-state index is 12.0. The molecule has 3 aromatic carbocycles. The molecule has 3 rings (SSSR count). The van der Waals surface area contributed by atoms with Crippen LogP contribution in [0.2, 0.25) is 0 Å². The third-order valence-corrected chi connectivity index (χ3v) is 8.53. The van der Waals surface area contributed by atoms with Gasteiger partial charge in [0.25, 0.3) is 10.1 Å². The molecule has 0 aliphatic rings. The average molecular weight is 427 g/mol. The fourth-order valence-corrected chi connectivity index (χ4v) is 6.60. The highest BCUT2D eigenvalue weighted by molar-refractivity contribution is 7.86. The van der Waals surface area contributed by atoms with E-state index in [0.29, 0.717) is 12.0 Å². The molecule has 0 saturated heterocycles. The summed E-state index contributed by atoms with van der Waals surface area (Å²) in [5.41, 5.74) is 3.17. The molecule has 0 aromatic heterocycles. The van der Waals surface area contributed by atoms with E-state index in [4.69, 9.17) is 0 Å². The Labute approximate surface area is 175 Å². The van der Waals surface area contributed by atoms with E-state index < -0.39 is 18.0 Å². The summed E-state index contributed by atoms with van der Waals surface area (Å²) in [4.78, 5) is 0.0142. The zero-order chi connectivity index (χ0) is 21.0. The monoisotopic (exact) mass is 426 g/mol. The van der Waals surface area contributed by atoms with Crippen LogP contribution in [0, 0.1) is 0 Å². The van der Waals surface area contributed by atoms with Gasteiger partial charge in [-0.25, -0.2) is 0 Å². The van der Waals surface area contributed by atoms with Crippen molar-refractivity contribution in [3.63, 3.8) is 0 Å². The van der Waals surface area contributed by atoms with Crippen LogP contribution < -0.4 is 15.9 Å². The van der Waals surface area contributed by atoms with Crippen LogP contribution in [0.25, 0.3) is 0 Å². The second-order valence-electron chi connectivity index (χ2n) is 7.00. The van der Waals surface area contributed by atoms with Crippen molar-refractivity contribution in [1.82, 2.24) is 0 Å². The first-order valence-electron chi connectivity index (χ1n) is 9.95. The lowest BCUT2D eigenvalue weighted by atomic mass is 10.2. The summed E-state index contributed by atoms with van der Waals surface area (Å²) >= 11 is 0. The van der Waals surface area contributed by atoms with Gasteiger partial charge in [0, 0.05) is 0 Å². The van der Waals surface area contributed by atoms with Crippen molar-refractivity contribution < 1.29 is 13.0 Å². The predicted octanol–water partition coefficient (Wildman–Crippen LogP) is 4.38. The minimum atomic E-state index is -4.28. The Morgan fingerprint density at radius 1 is 0.690 bits per heavy atom. The fourth-order valence-electron chi connectivity index (χ4n) is 3.42. The van der Waals surface area contributed by atoms with E-state index in [2.05, 4.69) is 62.4 Å². The molecule has 29 heavy (non-hydrogen) atoms. The van der Waals surface area contributed by atoms with Crippen molar-refractivity contribution in [1.29, 1.82) is 0 Å². The van der Waals surface area contributed by atoms with Gasteiger partial charge in [-0.1, -0.05) is 81.4 Å². The summed E-state index contributed by atoms with van der Waals surface area (Å²) in [7, 11) is -5.21. The largest absolute Gasteiger partial charge is 0.294 e. The number of aryl methyl sites for hydroxylation is 3. The highest BCUT2D eigenvalue weighted by Crippen LogP contribution is 2.34. The first kappa shape index (κ1) is 21.7. The molecule has 1 N–H and O–H groups in total. The Hall–Kier alpha value is -2.00. The van der Waals surface area contributed by atoms with E-state index in [0.717, 1.165) is 28.8 Å². The normalized spacial score (nSPS) is 11.8. The van der Waals surface area contributed by atoms with E-state index in [-0.39, 0.29) is 4.90 Å². The summed E-state index contributed by atoms with van der Waals surface area (Å²) < 4.78 is 33.7. The maximum atomic E-state index is 12.0. The lowest BCUT2D eigenvalue weighted by Crippen LogP contribution is -2.22. The van der Waals surface area contributed by atoms with Crippen molar-refractivity contribution in [2.45, 2.75) is 44.9 Å². The minimum absolute atomic E-state index is 0.0142. The van der Waals surface area contributed by atoms with Crippen LogP contribution in [0.5, 0.6) is 0 Å². The number of hydrogen-bond donors (Lipinski definition) is 1. The van der Waals surface area contributed by atoms with Crippen molar-refractivity contribution in [3.8, 4) is 0 Å². The minimum Gasteiger partial charge on any atom is -0.282 e. The van der Waals surface area contributed by atoms with Crippen LogP contribution in [0.15, 0.2) is 71.6 Å². The third-order valence-electron chi connectivity index (χ3n) is 5.17. The Morgan fingerprint density at radius 3 is 1.52 bits per heavy atom. The van der Waals surface area contributed by atoms with Gasteiger partial charge in [0.15, 0.2) is 0 Å². The van der Waals surface area contributed by atoms with E-state index in [1.165, 1.54) is 11.1 Å². The molecule has 0 atom stereocenters. The van der Waals surface area contributed by atoms with E-state index in [1.54, 1.807) is 6.07 Å². The van der Waals surface area contributed by atoms with Crippen LogP contribution in [0.4, 0.5) is 0 Å². The fraction of sp³-hybridized carbons (Fsp3) is 0.250. The molecule has 0 saturated carbocycles. The van der Waals surface area contributed by atoms with Gasteiger partial charge >= 0.3 is 0 Å².